The molecule has 0 spiro atoms. The molecule has 27 heavy (non-hydrogen) atoms. The third-order valence-corrected chi connectivity index (χ3v) is 5.97. The first-order valence-corrected chi connectivity index (χ1v) is 9.80. The largest absolute Gasteiger partial charge is 0.480 e. The molecule has 0 radical (unpaired) electrons. The molecule has 2 aromatic heterocycles. The highest BCUT2D eigenvalue weighted by atomic mass is 32.1. The molecule has 2 fully saturated rings. The van der Waals surface area contributed by atoms with Gasteiger partial charge in [0.15, 0.2) is 0 Å². The van der Waals surface area contributed by atoms with Gasteiger partial charge in [0.2, 0.25) is 0 Å². The fraction of sp³-hybridized carbons (Fsp3) is 0.500. The lowest BCUT2D eigenvalue weighted by atomic mass is 10.1. The van der Waals surface area contributed by atoms with Crippen LogP contribution in [0.15, 0.2) is 23.6 Å². The molecule has 1 N–H and O–H groups in total. The number of thiophene rings is 1. The highest BCUT2D eigenvalue weighted by Gasteiger charge is 2.36. The van der Waals surface area contributed by atoms with E-state index in [1.807, 2.05) is 33.4 Å². The van der Waals surface area contributed by atoms with Crippen molar-refractivity contribution in [2.24, 2.45) is 13.0 Å². The van der Waals surface area contributed by atoms with Crippen LogP contribution in [0.1, 0.15) is 10.5 Å². The Morgan fingerprint density at radius 3 is 2.93 bits per heavy atom. The van der Waals surface area contributed by atoms with Crippen molar-refractivity contribution in [3.63, 3.8) is 0 Å². The Labute approximate surface area is 160 Å². The Bertz CT molecular complexity index is 835. The van der Waals surface area contributed by atoms with Gasteiger partial charge < -0.3 is 14.7 Å². The van der Waals surface area contributed by atoms with Crippen molar-refractivity contribution in [2.75, 3.05) is 39.4 Å². The van der Waals surface area contributed by atoms with Crippen LogP contribution < -0.4 is 0 Å². The Morgan fingerprint density at radius 1 is 1.33 bits per heavy atom. The van der Waals surface area contributed by atoms with Crippen LogP contribution in [-0.4, -0.2) is 82.0 Å². The molecule has 2 saturated heterocycles. The number of aromatic nitrogens is 2. The number of carbonyl (C=O) groups is 2. The molecule has 4 heterocycles. The van der Waals surface area contributed by atoms with Crippen molar-refractivity contribution >= 4 is 23.2 Å². The molecule has 0 unspecified atom stereocenters. The van der Waals surface area contributed by atoms with Crippen LogP contribution in [0.4, 0.5) is 0 Å². The fourth-order valence-electron chi connectivity index (χ4n) is 3.84. The Balaban J connectivity index is 1.57. The van der Waals surface area contributed by atoms with Gasteiger partial charge in [0.1, 0.15) is 11.4 Å². The molecule has 2 aliphatic heterocycles. The number of fused-ring (bicyclic) bond motifs is 3. The van der Waals surface area contributed by atoms with Crippen molar-refractivity contribution in [3.8, 4) is 10.6 Å². The van der Waals surface area contributed by atoms with Gasteiger partial charge in [-0.3, -0.25) is 19.2 Å². The quantitative estimate of drug-likeness (QED) is 0.838. The lowest BCUT2D eigenvalue weighted by Gasteiger charge is -2.30. The number of amides is 1. The van der Waals surface area contributed by atoms with E-state index in [1.165, 1.54) is 0 Å². The predicted molar refractivity (Wildman–Crippen MR) is 99.7 cm³/mol. The first kappa shape index (κ1) is 18.1. The number of rotatable bonds is 4. The first-order chi connectivity index (χ1) is 13.0. The molecule has 2 atom stereocenters. The monoisotopic (exact) mass is 390 g/mol. The summed E-state index contributed by atoms with van der Waals surface area (Å²) >= 11 is 1.59. The number of aryl methyl sites for hydroxylation is 1. The summed E-state index contributed by atoms with van der Waals surface area (Å²) in [5, 5.41) is 15.7. The van der Waals surface area contributed by atoms with Crippen LogP contribution in [-0.2, 0) is 16.6 Å². The SMILES string of the molecule is Cn1nc(-c2cccs2)cc1C(=O)N1C[C@@H]2COC[C@H](C1)N(CC(=O)O)C2. The zero-order chi connectivity index (χ0) is 19.0. The maximum atomic E-state index is 13.2. The molecule has 4 rings (SSSR count). The topological polar surface area (TPSA) is 87.9 Å². The second kappa shape index (κ2) is 7.41. The lowest BCUT2D eigenvalue weighted by molar-refractivity contribution is -0.139. The number of aliphatic carboxylic acids is 1. The minimum atomic E-state index is -0.854. The molecule has 2 aliphatic rings. The molecule has 2 aromatic rings. The van der Waals surface area contributed by atoms with E-state index in [-0.39, 0.29) is 24.4 Å². The minimum Gasteiger partial charge on any atom is -0.480 e. The summed E-state index contributed by atoms with van der Waals surface area (Å²) in [7, 11) is 1.78. The maximum absolute atomic E-state index is 13.2. The fourth-order valence-corrected chi connectivity index (χ4v) is 4.52. The number of carboxylic acids is 1. The maximum Gasteiger partial charge on any atom is 0.317 e. The van der Waals surface area contributed by atoms with Crippen molar-refractivity contribution < 1.29 is 19.4 Å². The van der Waals surface area contributed by atoms with E-state index in [9.17, 15) is 14.7 Å². The smallest absolute Gasteiger partial charge is 0.317 e. The second-order valence-corrected chi connectivity index (χ2v) is 8.05. The molecule has 9 heteroatoms. The number of carbonyl (C=O) groups excluding carboxylic acids is 1. The van der Waals surface area contributed by atoms with Gasteiger partial charge in [-0.1, -0.05) is 6.07 Å². The van der Waals surface area contributed by atoms with Gasteiger partial charge in [0.25, 0.3) is 5.91 Å². The van der Waals surface area contributed by atoms with Crippen molar-refractivity contribution in [2.45, 2.75) is 6.04 Å². The molecule has 0 aliphatic carbocycles. The number of carboxylic acid groups (broad SMARTS) is 1. The first-order valence-electron chi connectivity index (χ1n) is 8.92. The van der Waals surface area contributed by atoms with Gasteiger partial charge in [-0.25, -0.2) is 0 Å². The van der Waals surface area contributed by atoms with Crippen LogP contribution in [0, 0.1) is 5.92 Å². The number of hydrogen-bond acceptors (Lipinski definition) is 6. The summed E-state index contributed by atoms with van der Waals surface area (Å²) in [5.74, 6) is -0.819. The third-order valence-electron chi connectivity index (χ3n) is 5.08. The van der Waals surface area contributed by atoms with Crippen LogP contribution in [0.5, 0.6) is 0 Å². The van der Waals surface area contributed by atoms with Gasteiger partial charge in [0.05, 0.1) is 30.7 Å². The van der Waals surface area contributed by atoms with E-state index < -0.39 is 5.97 Å². The van der Waals surface area contributed by atoms with Crippen molar-refractivity contribution in [1.29, 1.82) is 0 Å². The molecule has 0 aromatic carbocycles. The molecule has 8 nitrogen and oxygen atoms in total. The zero-order valence-corrected chi connectivity index (χ0v) is 15.9. The van der Waals surface area contributed by atoms with E-state index in [2.05, 4.69) is 5.10 Å². The van der Waals surface area contributed by atoms with Crippen molar-refractivity contribution in [3.05, 3.63) is 29.3 Å². The van der Waals surface area contributed by atoms with Gasteiger partial charge >= 0.3 is 5.97 Å². The number of hydrogen-bond donors (Lipinski definition) is 1. The summed E-state index contributed by atoms with van der Waals surface area (Å²) < 4.78 is 7.32. The average Bonchev–Trinajstić information content (AvgIpc) is 3.17. The van der Waals surface area contributed by atoms with Crippen molar-refractivity contribution in [1.82, 2.24) is 19.6 Å². The molecule has 144 valence electrons. The van der Waals surface area contributed by atoms with Gasteiger partial charge in [-0.2, -0.15) is 5.10 Å². The number of ether oxygens (including phenoxy) is 1. The molecular formula is C18H22N4O4S. The van der Waals surface area contributed by atoms with E-state index in [0.717, 1.165) is 10.6 Å². The summed E-state index contributed by atoms with van der Waals surface area (Å²) in [5.41, 5.74) is 1.34. The molecule has 2 bridgehead atoms. The van der Waals surface area contributed by atoms with Crippen LogP contribution in [0.2, 0.25) is 0 Å². The summed E-state index contributed by atoms with van der Waals surface area (Å²) in [6, 6.07) is 5.67. The van der Waals surface area contributed by atoms with E-state index in [1.54, 1.807) is 23.1 Å². The van der Waals surface area contributed by atoms with Crippen LogP contribution in [0.3, 0.4) is 0 Å². The normalized spacial score (nSPS) is 23.2. The summed E-state index contributed by atoms with van der Waals surface area (Å²) in [4.78, 5) is 29.2. The van der Waals surface area contributed by atoms with E-state index in [4.69, 9.17) is 4.74 Å². The molecule has 1 amide bonds. The predicted octanol–water partition coefficient (Wildman–Crippen LogP) is 1.01. The molecular weight excluding hydrogens is 368 g/mol. The second-order valence-electron chi connectivity index (χ2n) is 7.11. The Hall–Kier alpha value is -2.23. The molecule has 0 saturated carbocycles. The Kier molecular flexibility index (Phi) is 4.98. The summed E-state index contributed by atoms with van der Waals surface area (Å²) in [6.45, 7) is 2.61. The van der Waals surface area contributed by atoms with E-state index in [0.29, 0.717) is 38.5 Å². The van der Waals surface area contributed by atoms with Crippen LogP contribution in [0.25, 0.3) is 10.6 Å². The minimum absolute atomic E-state index is 0.0270. The Morgan fingerprint density at radius 2 is 2.19 bits per heavy atom. The van der Waals surface area contributed by atoms with E-state index >= 15 is 0 Å². The summed E-state index contributed by atoms with van der Waals surface area (Å²) in [6.07, 6.45) is 0. The van der Waals surface area contributed by atoms with Gasteiger partial charge in [-0.15, -0.1) is 11.3 Å². The standard InChI is InChI=1S/C18H22N4O4S/c1-20-15(5-14(19-20)16-3-2-4-27-16)18(25)22-7-12-6-21(9-17(23)24)13(8-22)11-26-10-12/h2-5,12-13H,6-11H2,1H3,(H,23,24)/t12-,13+/m1/s1. The lowest BCUT2D eigenvalue weighted by Crippen LogP contribution is -2.47. The van der Waals surface area contributed by atoms with Crippen LogP contribution >= 0.6 is 11.3 Å². The average molecular weight is 390 g/mol. The zero-order valence-electron chi connectivity index (χ0n) is 15.1. The highest BCUT2D eigenvalue weighted by Crippen LogP contribution is 2.26. The van der Waals surface area contributed by atoms with Gasteiger partial charge in [0, 0.05) is 32.6 Å². The highest BCUT2D eigenvalue weighted by molar-refractivity contribution is 7.13. The third kappa shape index (κ3) is 3.76. The van der Waals surface area contributed by atoms with Gasteiger partial charge in [-0.05, 0) is 17.5 Å². The number of nitrogens with zero attached hydrogens (tertiary/aromatic N) is 4.